The van der Waals surface area contributed by atoms with Crippen molar-refractivity contribution in [2.45, 2.75) is 38.6 Å². The number of benzene rings is 1. The number of nitrogens with one attached hydrogen (secondary N) is 1. The van der Waals surface area contributed by atoms with Gasteiger partial charge in [0, 0.05) is 12.1 Å². The summed E-state index contributed by atoms with van der Waals surface area (Å²) in [7, 11) is 0. The van der Waals surface area contributed by atoms with Crippen molar-refractivity contribution in [3.63, 3.8) is 0 Å². The minimum Gasteiger partial charge on any atom is -0.307 e. The SMILES string of the molecule is Cc1cc(F)c(C(=O)Nc2cccc(-c3nncn3[C@@H](C)CF)n2)cc1-n1cnc(C2CC2)c1.Cl. The van der Waals surface area contributed by atoms with Crippen molar-refractivity contribution >= 4 is 24.1 Å². The lowest BCUT2D eigenvalue weighted by atomic mass is 10.1. The van der Waals surface area contributed by atoms with Gasteiger partial charge in [0.25, 0.3) is 5.91 Å². The number of anilines is 1. The normalized spacial score (nSPS) is 13.8. The Morgan fingerprint density at radius 3 is 2.80 bits per heavy atom. The van der Waals surface area contributed by atoms with E-state index in [1.54, 1.807) is 42.9 Å². The number of halogens is 3. The number of hydrogen-bond acceptors (Lipinski definition) is 5. The number of nitrogens with zero attached hydrogens (tertiary/aromatic N) is 6. The van der Waals surface area contributed by atoms with E-state index in [-0.39, 0.29) is 23.8 Å². The molecule has 11 heteroatoms. The first-order valence-corrected chi connectivity index (χ1v) is 11.0. The minimum absolute atomic E-state index is 0. The first-order valence-electron chi connectivity index (χ1n) is 11.0. The van der Waals surface area contributed by atoms with Crippen LogP contribution in [0.25, 0.3) is 17.2 Å². The van der Waals surface area contributed by atoms with Gasteiger partial charge in [0.05, 0.1) is 29.3 Å². The number of alkyl halides is 1. The lowest BCUT2D eigenvalue weighted by Gasteiger charge is -2.13. The van der Waals surface area contributed by atoms with E-state index in [4.69, 9.17) is 0 Å². The van der Waals surface area contributed by atoms with Crippen LogP contribution in [0.15, 0.2) is 49.2 Å². The summed E-state index contributed by atoms with van der Waals surface area (Å²) in [6.07, 6.45) is 7.30. The highest BCUT2D eigenvalue weighted by atomic mass is 35.5. The van der Waals surface area contributed by atoms with Crippen LogP contribution in [-0.4, -0.2) is 41.9 Å². The van der Waals surface area contributed by atoms with Crippen LogP contribution in [0.3, 0.4) is 0 Å². The molecule has 1 N–H and O–H groups in total. The summed E-state index contributed by atoms with van der Waals surface area (Å²) >= 11 is 0. The molecule has 0 radical (unpaired) electrons. The zero-order valence-electron chi connectivity index (χ0n) is 19.2. The van der Waals surface area contributed by atoms with Crippen molar-refractivity contribution < 1.29 is 13.6 Å². The smallest absolute Gasteiger partial charge is 0.259 e. The molecular formula is C24H24ClF2N7O. The number of aryl methyl sites for hydroxylation is 1. The van der Waals surface area contributed by atoms with Gasteiger partial charge in [-0.2, -0.15) is 0 Å². The van der Waals surface area contributed by atoms with Gasteiger partial charge in [0.2, 0.25) is 0 Å². The van der Waals surface area contributed by atoms with E-state index < -0.39 is 24.4 Å². The van der Waals surface area contributed by atoms with Crippen molar-refractivity contribution in [3.05, 3.63) is 71.8 Å². The van der Waals surface area contributed by atoms with Crippen LogP contribution >= 0.6 is 12.4 Å². The number of aromatic nitrogens is 6. The maximum atomic E-state index is 14.8. The first-order chi connectivity index (χ1) is 16.4. The highest BCUT2D eigenvalue weighted by Crippen LogP contribution is 2.39. The third-order valence-corrected chi connectivity index (χ3v) is 5.90. The molecule has 1 saturated carbocycles. The van der Waals surface area contributed by atoms with Gasteiger partial charge < -0.3 is 14.5 Å². The number of hydrogen-bond donors (Lipinski definition) is 1. The van der Waals surface area contributed by atoms with Crippen LogP contribution in [-0.2, 0) is 0 Å². The molecule has 1 aliphatic rings. The molecule has 1 atom stereocenters. The van der Waals surface area contributed by atoms with Gasteiger partial charge in [-0.3, -0.25) is 4.79 Å². The lowest BCUT2D eigenvalue weighted by molar-refractivity contribution is 0.102. The molecule has 3 aromatic heterocycles. The van der Waals surface area contributed by atoms with Gasteiger partial charge in [0.15, 0.2) is 5.82 Å². The van der Waals surface area contributed by atoms with Crippen molar-refractivity contribution in [2.24, 2.45) is 0 Å². The molecule has 1 aromatic carbocycles. The van der Waals surface area contributed by atoms with Crippen LogP contribution < -0.4 is 5.32 Å². The van der Waals surface area contributed by atoms with Gasteiger partial charge in [0.1, 0.15) is 30.3 Å². The number of rotatable bonds is 7. The number of carbonyl (C=O) groups excluding carboxylic acids is 1. The highest BCUT2D eigenvalue weighted by molar-refractivity contribution is 6.04. The quantitative estimate of drug-likeness (QED) is 0.384. The maximum absolute atomic E-state index is 14.8. The summed E-state index contributed by atoms with van der Waals surface area (Å²) in [6.45, 7) is 2.90. The standard InChI is InChI=1S/C24H23F2N7O.ClH/c1-14-8-18(26)17(9-21(14)32-11-20(27-12-32)16-6-7-16)24(34)30-22-5-3-4-19(29-22)23-31-28-13-33(23)15(2)10-25;/h3-5,8-9,11-13,15-16H,6-7,10H2,1-2H3,(H,29,30,34);1H/t15-;/m0./s1. The van der Waals surface area contributed by atoms with E-state index >= 15 is 0 Å². The molecule has 3 heterocycles. The number of carbonyl (C=O) groups is 1. The fourth-order valence-electron chi connectivity index (χ4n) is 3.81. The Balaban J connectivity index is 0.00000289. The van der Waals surface area contributed by atoms with Crippen LogP contribution in [0.2, 0.25) is 0 Å². The molecule has 182 valence electrons. The maximum Gasteiger partial charge on any atom is 0.259 e. The molecule has 0 bridgehead atoms. The second-order valence-corrected chi connectivity index (χ2v) is 8.53. The predicted octanol–water partition coefficient (Wildman–Crippen LogP) is 5.06. The van der Waals surface area contributed by atoms with E-state index in [2.05, 4.69) is 25.5 Å². The summed E-state index contributed by atoms with van der Waals surface area (Å²) in [5.74, 6) is -0.193. The number of amides is 1. The topological polar surface area (TPSA) is 90.5 Å². The molecule has 0 saturated heterocycles. The fraction of sp³-hybridized carbons (Fsp3) is 0.292. The Kier molecular flexibility index (Phi) is 6.93. The Morgan fingerprint density at radius 1 is 1.26 bits per heavy atom. The monoisotopic (exact) mass is 499 g/mol. The zero-order valence-corrected chi connectivity index (χ0v) is 20.0. The van der Waals surface area contributed by atoms with Crippen LogP contribution in [0, 0.1) is 12.7 Å². The molecule has 1 amide bonds. The Bertz CT molecular complexity index is 1370. The average Bonchev–Trinajstić information content (AvgIpc) is 3.35. The van der Waals surface area contributed by atoms with Crippen molar-refractivity contribution in [2.75, 3.05) is 12.0 Å². The third kappa shape index (κ3) is 4.93. The molecule has 0 aliphatic heterocycles. The second-order valence-electron chi connectivity index (χ2n) is 8.53. The Labute approximate surface area is 206 Å². The average molecular weight is 500 g/mol. The van der Waals surface area contributed by atoms with Crippen molar-refractivity contribution in [1.82, 2.24) is 29.3 Å². The summed E-state index contributed by atoms with van der Waals surface area (Å²) in [5, 5.41) is 10.5. The Hall–Kier alpha value is -3.66. The minimum atomic E-state index is -0.635. The summed E-state index contributed by atoms with van der Waals surface area (Å²) < 4.78 is 31.3. The van der Waals surface area contributed by atoms with Gasteiger partial charge >= 0.3 is 0 Å². The van der Waals surface area contributed by atoms with Crippen molar-refractivity contribution in [1.29, 1.82) is 0 Å². The summed E-state index contributed by atoms with van der Waals surface area (Å²) in [5.41, 5.74) is 2.68. The van der Waals surface area contributed by atoms with Crippen molar-refractivity contribution in [3.8, 4) is 17.2 Å². The molecule has 4 aromatic rings. The first kappa shape index (κ1) is 24.5. The largest absolute Gasteiger partial charge is 0.307 e. The molecule has 5 rings (SSSR count). The van der Waals surface area contributed by atoms with Gasteiger partial charge in [-0.15, -0.1) is 22.6 Å². The van der Waals surface area contributed by atoms with Gasteiger partial charge in [-0.1, -0.05) is 6.07 Å². The van der Waals surface area contributed by atoms with E-state index in [9.17, 15) is 13.6 Å². The van der Waals surface area contributed by atoms with Gasteiger partial charge in [-0.25, -0.2) is 18.7 Å². The second kappa shape index (κ2) is 9.91. The fourth-order valence-corrected chi connectivity index (χ4v) is 3.81. The molecule has 0 unspecified atom stereocenters. The van der Waals surface area contributed by atoms with Crippen LogP contribution in [0.4, 0.5) is 14.6 Å². The van der Waals surface area contributed by atoms with Gasteiger partial charge in [-0.05, 0) is 56.5 Å². The molecule has 1 fully saturated rings. The third-order valence-electron chi connectivity index (χ3n) is 5.90. The number of pyridine rings is 1. The van der Waals surface area contributed by atoms with Crippen LogP contribution in [0.5, 0.6) is 0 Å². The zero-order chi connectivity index (χ0) is 23.8. The van der Waals surface area contributed by atoms with E-state index in [0.29, 0.717) is 28.7 Å². The Morgan fingerprint density at radius 2 is 2.06 bits per heavy atom. The van der Waals surface area contributed by atoms with E-state index in [1.807, 2.05) is 10.8 Å². The highest BCUT2D eigenvalue weighted by Gasteiger charge is 2.26. The summed E-state index contributed by atoms with van der Waals surface area (Å²) in [4.78, 5) is 21.8. The molecule has 1 aliphatic carbocycles. The summed E-state index contributed by atoms with van der Waals surface area (Å²) in [6, 6.07) is 7.34. The number of imidazole rings is 1. The van der Waals surface area contributed by atoms with E-state index in [0.717, 1.165) is 18.5 Å². The molecule has 8 nitrogen and oxygen atoms in total. The molecule has 0 spiro atoms. The predicted molar refractivity (Wildman–Crippen MR) is 129 cm³/mol. The van der Waals surface area contributed by atoms with Crippen LogP contribution in [0.1, 0.15) is 53.3 Å². The lowest BCUT2D eigenvalue weighted by Crippen LogP contribution is -2.16. The molecule has 35 heavy (non-hydrogen) atoms. The molecular weight excluding hydrogens is 476 g/mol. The van der Waals surface area contributed by atoms with E-state index in [1.165, 1.54) is 18.5 Å².